The Morgan fingerprint density at radius 1 is 1.23 bits per heavy atom. The fraction of sp³-hybridized carbons (Fsp3) is 0.429. The predicted octanol–water partition coefficient (Wildman–Crippen LogP) is 3.62. The lowest BCUT2D eigenvalue weighted by atomic mass is 9.74. The van der Waals surface area contributed by atoms with Crippen molar-refractivity contribution >= 4 is 11.8 Å². The van der Waals surface area contributed by atoms with Gasteiger partial charge in [0.1, 0.15) is 5.75 Å². The molecular formula is C21H25NO4. The first-order valence-corrected chi connectivity index (χ1v) is 9.18. The number of ketones is 1. The smallest absolute Gasteiger partial charge is 0.336 e. The molecule has 0 spiro atoms. The number of methoxy groups -OCH3 is 1. The van der Waals surface area contributed by atoms with Crippen LogP contribution in [0.4, 0.5) is 0 Å². The van der Waals surface area contributed by atoms with Crippen molar-refractivity contribution in [1.29, 1.82) is 0 Å². The lowest BCUT2D eigenvalue weighted by Crippen LogP contribution is -2.35. The zero-order chi connectivity index (χ0) is 18.7. The molecule has 1 atom stereocenters. The summed E-state index contributed by atoms with van der Waals surface area (Å²) in [5, 5.41) is 3.36. The molecule has 1 aliphatic heterocycles. The molecule has 0 unspecified atom stereocenters. The van der Waals surface area contributed by atoms with Gasteiger partial charge in [0.25, 0.3) is 0 Å². The lowest BCUT2D eigenvalue weighted by Gasteiger charge is -2.35. The van der Waals surface area contributed by atoms with Crippen LogP contribution in [0.1, 0.15) is 51.0 Å². The van der Waals surface area contributed by atoms with Gasteiger partial charge in [-0.05, 0) is 32.3 Å². The van der Waals surface area contributed by atoms with Crippen molar-refractivity contribution < 1.29 is 19.1 Å². The summed E-state index contributed by atoms with van der Waals surface area (Å²) < 4.78 is 10.9. The van der Waals surface area contributed by atoms with Crippen LogP contribution in [0.25, 0.3) is 0 Å². The molecule has 0 bridgehead atoms. The zero-order valence-corrected chi connectivity index (χ0v) is 15.6. The number of hydrogen-bond donors (Lipinski definition) is 1. The van der Waals surface area contributed by atoms with E-state index in [9.17, 15) is 9.59 Å². The number of hydrogen-bond acceptors (Lipinski definition) is 5. The van der Waals surface area contributed by atoms with Gasteiger partial charge in [-0.15, -0.1) is 0 Å². The molecule has 0 radical (unpaired) electrons. The van der Waals surface area contributed by atoms with E-state index in [1.807, 2.05) is 31.2 Å². The Kier molecular flexibility index (Phi) is 5.45. The van der Waals surface area contributed by atoms with Gasteiger partial charge < -0.3 is 14.8 Å². The Bertz CT molecular complexity index is 791. The molecule has 1 N–H and O–H groups in total. The van der Waals surface area contributed by atoms with Crippen LogP contribution in [0.2, 0.25) is 0 Å². The Hall–Kier alpha value is -2.56. The molecule has 5 heteroatoms. The minimum Gasteiger partial charge on any atom is -0.496 e. The fourth-order valence-electron chi connectivity index (χ4n) is 3.84. The van der Waals surface area contributed by atoms with Gasteiger partial charge in [0.2, 0.25) is 0 Å². The van der Waals surface area contributed by atoms with Gasteiger partial charge in [0, 0.05) is 29.0 Å². The summed E-state index contributed by atoms with van der Waals surface area (Å²) in [6.45, 7) is 4.07. The van der Waals surface area contributed by atoms with E-state index < -0.39 is 5.92 Å². The molecule has 0 saturated heterocycles. The number of nitrogens with one attached hydrogen (secondary N) is 1. The summed E-state index contributed by atoms with van der Waals surface area (Å²) in [6, 6.07) is 7.57. The molecule has 1 aromatic carbocycles. The highest BCUT2D eigenvalue weighted by molar-refractivity contribution is 6.04. The number of esters is 1. The number of ether oxygens (including phenoxy) is 2. The molecular weight excluding hydrogens is 330 g/mol. The third kappa shape index (κ3) is 3.14. The van der Waals surface area contributed by atoms with Crippen molar-refractivity contribution in [2.24, 2.45) is 0 Å². The Balaban J connectivity index is 2.24. The standard InChI is InChI=1S/C21H25NO4/c1-4-14-20(21(24)26-5-2)18(13-9-6-7-12-17(13)25-3)19-15(22-14)10-8-11-16(19)23/h6-7,9,12,18,22H,4-5,8,10-11H2,1-3H3/t18-/m1/s1. The summed E-state index contributed by atoms with van der Waals surface area (Å²) >= 11 is 0. The minimum absolute atomic E-state index is 0.0895. The van der Waals surface area contributed by atoms with Crippen LogP contribution >= 0.6 is 0 Å². The van der Waals surface area contributed by atoms with Crippen LogP contribution in [0.15, 0.2) is 46.8 Å². The van der Waals surface area contributed by atoms with Crippen molar-refractivity contribution in [1.82, 2.24) is 5.32 Å². The summed E-state index contributed by atoms with van der Waals surface area (Å²) in [6.07, 6.45) is 2.80. The Morgan fingerprint density at radius 3 is 2.69 bits per heavy atom. The van der Waals surface area contributed by atoms with Gasteiger partial charge in [-0.2, -0.15) is 0 Å². The molecule has 0 amide bonds. The molecule has 0 fully saturated rings. The Labute approximate surface area is 154 Å². The number of allylic oxidation sites excluding steroid dienone is 3. The van der Waals surface area contributed by atoms with E-state index in [-0.39, 0.29) is 18.4 Å². The first-order chi connectivity index (χ1) is 12.6. The molecule has 5 nitrogen and oxygen atoms in total. The zero-order valence-electron chi connectivity index (χ0n) is 15.6. The molecule has 0 saturated carbocycles. The maximum absolute atomic E-state index is 12.8. The molecule has 26 heavy (non-hydrogen) atoms. The first kappa shape index (κ1) is 18.2. The molecule has 0 aromatic heterocycles. The fourth-order valence-corrected chi connectivity index (χ4v) is 3.84. The number of dihydropyridines is 1. The largest absolute Gasteiger partial charge is 0.496 e. The van der Waals surface area contributed by atoms with Crippen LogP contribution in [0.3, 0.4) is 0 Å². The molecule has 1 aliphatic carbocycles. The van der Waals surface area contributed by atoms with E-state index in [0.717, 1.165) is 29.8 Å². The lowest BCUT2D eigenvalue weighted by molar-refractivity contribution is -0.138. The van der Waals surface area contributed by atoms with E-state index in [4.69, 9.17) is 9.47 Å². The molecule has 138 valence electrons. The summed E-state index contributed by atoms with van der Waals surface area (Å²) in [5.41, 5.74) is 3.79. The quantitative estimate of drug-likeness (QED) is 0.818. The first-order valence-electron chi connectivity index (χ1n) is 9.18. The maximum Gasteiger partial charge on any atom is 0.336 e. The monoisotopic (exact) mass is 355 g/mol. The molecule has 2 aliphatic rings. The predicted molar refractivity (Wildman–Crippen MR) is 98.7 cm³/mol. The highest BCUT2D eigenvalue weighted by Crippen LogP contribution is 2.45. The van der Waals surface area contributed by atoms with Crippen molar-refractivity contribution in [2.45, 2.75) is 45.4 Å². The second-order valence-electron chi connectivity index (χ2n) is 6.44. The maximum atomic E-state index is 12.8. The number of rotatable bonds is 5. The van der Waals surface area contributed by atoms with Crippen molar-refractivity contribution in [3.8, 4) is 5.75 Å². The van der Waals surface area contributed by atoms with E-state index >= 15 is 0 Å². The third-order valence-electron chi connectivity index (χ3n) is 4.96. The van der Waals surface area contributed by atoms with Crippen molar-refractivity contribution in [2.75, 3.05) is 13.7 Å². The van der Waals surface area contributed by atoms with E-state index in [1.165, 1.54) is 0 Å². The second kappa shape index (κ2) is 7.77. The average Bonchev–Trinajstić information content (AvgIpc) is 2.66. The summed E-state index contributed by atoms with van der Waals surface area (Å²) in [7, 11) is 1.60. The van der Waals surface area contributed by atoms with Gasteiger partial charge in [0.05, 0.1) is 25.2 Å². The molecule has 3 rings (SSSR count). The van der Waals surface area contributed by atoms with Crippen LogP contribution in [-0.4, -0.2) is 25.5 Å². The summed E-state index contributed by atoms with van der Waals surface area (Å²) in [4.78, 5) is 25.7. The number of Topliss-reactive ketones (excluding diaryl/α,β-unsaturated/α-hetero) is 1. The highest BCUT2D eigenvalue weighted by Gasteiger charge is 2.40. The van der Waals surface area contributed by atoms with Crippen molar-refractivity contribution in [3.63, 3.8) is 0 Å². The van der Waals surface area contributed by atoms with Crippen LogP contribution in [0, 0.1) is 0 Å². The topological polar surface area (TPSA) is 64.6 Å². The van der Waals surface area contributed by atoms with Gasteiger partial charge >= 0.3 is 5.97 Å². The van der Waals surface area contributed by atoms with Gasteiger partial charge in [-0.1, -0.05) is 25.1 Å². The number of carbonyl (C=O) groups is 2. The molecule has 1 aromatic rings. The second-order valence-corrected chi connectivity index (χ2v) is 6.44. The normalized spacial score (nSPS) is 19.8. The average molecular weight is 355 g/mol. The minimum atomic E-state index is -0.454. The number of carbonyl (C=O) groups excluding carboxylic acids is 2. The number of para-hydroxylation sites is 1. The van der Waals surface area contributed by atoms with Gasteiger partial charge in [-0.3, -0.25) is 4.79 Å². The molecule has 1 heterocycles. The van der Waals surface area contributed by atoms with E-state index in [0.29, 0.717) is 29.7 Å². The number of benzene rings is 1. The third-order valence-corrected chi connectivity index (χ3v) is 4.96. The van der Waals surface area contributed by atoms with Crippen LogP contribution in [0.5, 0.6) is 5.75 Å². The van der Waals surface area contributed by atoms with Gasteiger partial charge in [0.15, 0.2) is 5.78 Å². The highest BCUT2D eigenvalue weighted by atomic mass is 16.5. The van der Waals surface area contributed by atoms with E-state index in [1.54, 1.807) is 14.0 Å². The van der Waals surface area contributed by atoms with Gasteiger partial charge in [-0.25, -0.2) is 4.79 Å². The van der Waals surface area contributed by atoms with Crippen LogP contribution < -0.4 is 10.1 Å². The Morgan fingerprint density at radius 2 is 2.00 bits per heavy atom. The van der Waals surface area contributed by atoms with Crippen LogP contribution in [-0.2, 0) is 14.3 Å². The van der Waals surface area contributed by atoms with E-state index in [2.05, 4.69) is 5.32 Å². The van der Waals surface area contributed by atoms with Crippen molar-refractivity contribution in [3.05, 3.63) is 52.4 Å². The summed E-state index contributed by atoms with van der Waals surface area (Å²) in [5.74, 6) is -0.0737. The SMILES string of the molecule is CCOC(=O)C1=C(CC)NC2=C(C(=O)CCC2)[C@H]1c1ccccc1OC.